The lowest BCUT2D eigenvalue weighted by atomic mass is 9.74. The molecule has 0 unspecified atom stereocenters. The van der Waals surface area contributed by atoms with E-state index < -0.39 is 21.8 Å². The van der Waals surface area contributed by atoms with Crippen LogP contribution >= 0.6 is 15.9 Å². The highest BCUT2D eigenvalue weighted by Crippen LogP contribution is 2.37. The van der Waals surface area contributed by atoms with Gasteiger partial charge >= 0.3 is 5.97 Å². The number of aliphatic carboxylic acids is 1. The van der Waals surface area contributed by atoms with E-state index in [1.54, 1.807) is 39.8 Å². The number of anilines is 1. The normalized spacial score (nSPS) is 12.1. The topological polar surface area (TPSA) is 92.5 Å². The fourth-order valence-electron chi connectivity index (χ4n) is 1.52. The number of hydrogen-bond donors (Lipinski definition) is 2. The molecule has 0 spiro atoms. The Morgan fingerprint density at radius 1 is 1.35 bits per heavy atom. The number of nitro benzene ring substituents is 1. The maximum atomic E-state index is 11.3. The lowest BCUT2D eigenvalue weighted by molar-refractivity contribution is -0.384. The molecule has 7 heteroatoms. The Bertz CT molecular complexity index is 555. The van der Waals surface area contributed by atoms with E-state index in [0.717, 1.165) is 0 Å². The number of benzene rings is 1. The molecule has 1 aromatic carbocycles. The number of nitrogens with zero attached hydrogens (tertiary/aromatic N) is 1. The molecule has 0 fully saturated rings. The Morgan fingerprint density at radius 3 is 2.35 bits per heavy atom. The number of hydrogen-bond acceptors (Lipinski definition) is 4. The molecule has 0 atom stereocenters. The average molecular weight is 345 g/mol. The smallest absolute Gasteiger partial charge is 0.311 e. The summed E-state index contributed by atoms with van der Waals surface area (Å²) in [4.78, 5) is 21.9. The number of nitro groups is 1. The van der Waals surface area contributed by atoms with Crippen molar-refractivity contribution in [1.29, 1.82) is 0 Å². The van der Waals surface area contributed by atoms with Gasteiger partial charge in [-0.3, -0.25) is 14.9 Å². The molecule has 20 heavy (non-hydrogen) atoms. The Labute approximate surface area is 125 Å². The van der Waals surface area contributed by atoms with Crippen LogP contribution in [0.1, 0.15) is 27.7 Å². The third-order valence-electron chi connectivity index (χ3n) is 3.70. The van der Waals surface area contributed by atoms with E-state index in [9.17, 15) is 20.0 Å². The summed E-state index contributed by atoms with van der Waals surface area (Å²) < 4.78 is 0.588. The molecule has 0 amide bonds. The molecule has 0 saturated carbocycles. The van der Waals surface area contributed by atoms with Gasteiger partial charge in [0.05, 0.1) is 10.3 Å². The molecule has 2 N–H and O–H groups in total. The van der Waals surface area contributed by atoms with Crippen molar-refractivity contribution in [2.45, 2.75) is 33.2 Å². The first-order valence-electron chi connectivity index (χ1n) is 5.94. The molecule has 0 saturated heterocycles. The first-order chi connectivity index (χ1) is 8.99. The van der Waals surface area contributed by atoms with Crippen LogP contribution in [-0.4, -0.2) is 21.5 Å². The first-order valence-corrected chi connectivity index (χ1v) is 6.74. The summed E-state index contributed by atoms with van der Waals surface area (Å²) in [5.41, 5.74) is -1.79. The van der Waals surface area contributed by atoms with Crippen molar-refractivity contribution < 1.29 is 14.8 Å². The van der Waals surface area contributed by atoms with Gasteiger partial charge < -0.3 is 10.4 Å². The summed E-state index contributed by atoms with van der Waals surface area (Å²) in [5, 5.41) is 23.3. The molecule has 0 heterocycles. The second-order valence-corrected chi connectivity index (χ2v) is 6.51. The summed E-state index contributed by atoms with van der Waals surface area (Å²) in [6, 6.07) is 4.60. The zero-order valence-electron chi connectivity index (χ0n) is 11.7. The third-order valence-corrected chi connectivity index (χ3v) is 4.19. The average Bonchev–Trinajstić information content (AvgIpc) is 2.30. The molecule has 0 aromatic heterocycles. The molecule has 0 bridgehead atoms. The van der Waals surface area contributed by atoms with Gasteiger partial charge in [0, 0.05) is 16.1 Å². The zero-order chi connectivity index (χ0) is 15.7. The van der Waals surface area contributed by atoms with Crippen molar-refractivity contribution in [3.63, 3.8) is 0 Å². The van der Waals surface area contributed by atoms with Gasteiger partial charge in [0.1, 0.15) is 5.69 Å². The summed E-state index contributed by atoms with van der Waals surface area (Å²) in [5.74, 6) is -0.977. The maximum Gasteiger partial charge on any atom is 0.311 e. The van der Waals surface area contributed by atoms with Crippen LogP contribution in [0.4, 0.5) is 11.4 Å². The number of nitrogens with one attached hydrogen (secondary N) is 1. The molecule has 0 aliphatic heterocycles. The first kappa shape index (κ1) is 16.4. The van der Waals surface area contributed by atoms with E-state index in [2.05, 4.69) is 21.2 Å². The lowest BCUT2D eigenvalue weighted by Gasteiger charge is -2.39. The second-order valence-electron chi connectivity index (χ2n) is 5.60. The van der Waals surface area contributed by atoms with Gasteiger partial charge in [-0.1, -0.05) is 15.9 Å². The van der Waals surface area contributed by atoms with Crippen molar-refractivity contribution in [2.75, 3.05) is 5.32 Å². The second kappa shape index (κ2) is 5.40. The largest absolute Gasteiger partial charge is 0.481 e. The van der Waals surface area contributed by atoms with E-state index in [0.29, 0.717) is 4.47 Å². The Balaban J connectivity index is 3.22. The van der Waals surface area contributed by atoms with Crippen LogP contribution in [-0.2, 0) is 4.79 Å². The van der Waals surface area contributed by atoms with E-state index in [-0.39, 0.29) is 11.4 Å². The van der Waals surface area contributed by atoms with E-state index >= 15 is 0 Å². The van der Waals surface area contributed by atoms with Crippen LogP contribution in [0.3, 0.4) is 0 Å². The zero-order valence-corrected chi connectivity index (χ0v) is 13.3. The Kier molecular flexibility index (Phi) is 4.43. The molecule has 0 aliphatic rings. The predicted molar refractivity (Wildman–Crippen MR) is 79.9 cm³/mol. The van der Waals surface area contributed by atoms with Gasteiger partial charge in [-0.15, -0.1) is 0 Å². The quantitative estimate of drug-likeness (QED) is 0.628. The summed E-state index contributed by atoms with van der Waals surface area (Å²) >= 11 is 3.18. The van der Waals surface area contributed by atoms with Gasteiger partial charge in [0.15, 0.2) is 0 Å². The van der Waals surface area contributed by atoms with E-state index in [1.165, 1.54) is 6.07 Å². The molecule has 0 aliphatic carbocycles. The third kappa shape index (κ3) is 3.09. The molecular formula is C13H17BrN2O4. The molecule has 1 rings (SSSR count). The highest BCUT2D eigenvalue weighted by atomic mass is 79.9. The van der Waals surface area contributed by atoms with Gasteiger partial charge in [-0.25, -0.2) is 0 Å². The van der Waals surface area contributed by atoms with Crippen LogP contribution in [0, 0.1) is 15.5 Å². The van der Waals surface area contributed by atoms with Crippen LogP contribution in [0.2, 0.25) is 0 Å². The maximum absolute atomic E-state index is 11.3. The van der Waals surface area contributed by atoms with Crippen LogP contribution in [0.25, 0.3) is 0 Å². The number of carboxylic acid groups (broad SMARTS) is 1. The summed E-state index contributed by atoms with van der Waals surface area (Å²) in [6.45, 7) is 6.56. The van der Waals surface area contributed by atoms with Gasteiger partial charge in [0.2, 0.25) is 0 Å². The van der Waals surface area contributed by atoms with Gasteiger partial charge in [0.25, 0.3) is 5.69 Å². The van der Waals surface area contributed by atoms with Crippen LogP contribution in [0.5, 0.6) is 0 Å². The molecular weight excluding hydrogens is 328 g/mol. The molecule has 1 aromatic rings. The fraction of sp³-hybridized carbons (Fsp3) is 0.462. The van der Waals surface area contributed by atoms with E-state index in [4.69, 9.17) is 0 Å². The van der Waals surface area contributed by atoms with Crippen LogP contribution in [0.15, 0.2) is 22.7 Å². The van der Waals surface area contributed by atoms with Crippen molar-refractivity contribution >= 4 is 33.3 Å². The number of halogens is 1. The van der Waals surface area contributed by atoms with Crippen molar-refractivity contribution in [3.8, 4) is 0 Å². The van der Waals surface area contributed by atoms with Gasteiger partial charge in [-0.05, 0) is 39.8 Å². The SMILES string of the molecule is CC(C)(Nc1ccc(Br)cc1[N+](=O)[O-])C(C)(C)C(=O)O. The van der Waals surface area contributed by atoms with Gasteiger partial charge in [-0.2, -0.15) is 0 Å². The minimum absolute atomic E-state index is 0.103. The highest BCUT2D eigenvalue weighted by Gasteiger charge is 2.44. The lowest BCUT2D eigenvalue weighted by Crippen LogP contribution is -2.50. The minimum atomic E-state index is -1.10. The Morgan fingerprint density at radius 2 is 1.90 bits per heavy atom. The minimum Gasteiger partial charge on any atom is -0.481 e. The summed E-state index contributed by atoms with van der Waals surface area (Å²) in [7, 11) is 0. The summed E-state index contributed by atoms with van der Waals surface area (Å²) in [6.07, 6.45) is 0. The standard InChI is InChI=1S/C13H17BrN2O4/c1-12(2,11(17)18)13(3,4)15-9-6-5-8(14)7-10(9)16(19)20/h5-7,15H,1-4H3,(H,17,18). The number of rotatable bonds is 5. The number of carboxylic acids is 1. The molecule has 110 valence electrons. The monoisotopic (exact) mass is 344 g/mol. The molecule has 0 radical (unpaired) electrons. The molecule has 6 nitrogen and oxygen atoms in total. The Hall–Kier alpha value is -1.63. The van der Waals surface area contributed by atoms with E-state index in [1.807, 2.05) is 0 Å². The van der Waals surface area contributed by atoms with Crippen molar-refractivity contribution in [2.24, 2.45) is 5.41 Å². The number of carbonyl (C=O) groups is 1. The van der Waals surface area contributed by atoms with Crippen molar-refractivity contribution in [3.05, 3.63) is 32.8 Å². The van der Waals surface area contributed by atoms with Crippen LogP contribution < -0.4 is 5.32 Å². The van der Waals surface area contributed by atoms with Crippen molar-refractivity contribution in [1.82, 2.24) is 0 Å². The highest BCUT2D eigenvalue weighted by molar-refractivity contribution is 9.10. The predicted octanol–water partition coefficient (Wildman–Crippen LogP) is 3.66. The fourth-order valence-corrected chi connectivity index (χ4v) is 1.87.